The number of hydrogen-bond donors (Lipinski definition) is 1. The van der Waals surface area contributed by atoms with Crippen molar-refractivity contribution in [2.45, 2.75) is 19.8 Å². The fourth-order valence-corrected chi connectivity index (χ4v) is 5.36. The zero-order valence-corrected chi connectivity index (χ0v) is 17.9. The van der Waals surface area contributed by atoms with Crippen LogP contribution < -0.4 is 5.32 Å². The summed E-state index contributed by atoms with van der Waals surface area (Å²) in [7, 11) is -3.21. The molecule has 11 heteroatoms. The molecule has 1 fully saturated rings. The molecule has 152 valence electrons. The number of thiazole rings is 1. The Bertz CT molecular complexity index is 916. The summed E-state index contributed by atoms with van der Waals surface area (Å²) in [5.41, 5.74) is 0.602. The number of carbonyl (C=O) groups excluding carboxylic acids is 2. The molecule has 0 atom stereocenters. The lowest BCUT2D eigenvalue weighted by Gasteiger charge is -2.33. The van der Waals surface area contributed by atoms with Gasteiger partial charge in [-0.3, -0.25) is 9.59 Å². The van der Waals surface area contributed by atoms with E-state index in [-0.39, 0.29) is 24.0 Å². The smallest absolute Gasteiger partial charge is 0.231 e. The maximum Gasteiger partial charge on any atom is 0.231 e. The Hall–Kier alpha value is -1.82. The molecule has 0 aromatic carbocycles. The third kappa shape index (κ3) is 5.37. The molecule has 28 heavy (non-hydrogen) atoms. The fraction of sp³-hybridized carbons (Fsp3) is 0.471. The molecule has 1 N–H and O–H groups in total. The van der Waals surface area contributed by atoms with E-state index in [9.17, 15) is 18.0 Å². The van der Waals surface area contributed by atoms with E-state index in [4.69, 9.17) is 0 Å². The van der Waals surface area contributed by atoms with Crippen molar-refractivity contribution in [3.05, 3.63) is 33.5 Å². The first-order chi connectivity index (χ1) is 13.4. The number of sulfonamides is 1. The Morgan fingerprint density at radius 3 is 2.57 bits per heavy atom. The summed E-state index contributed by atoms with van der Waals surface area (Å²) in [6.45, 7) is 3.02. The molecule has 1 aliphatic heterocycles. The maximum atomic E-state index is 12.5. The van der Waals surface area contributed by atoms with Crippen molar-refractivity contribution in [1.29, 1.82) is 0 Å². The normalized spacial score (nSPS) is 15.5. The van der Waals surface area contributed by atoms with Crippen LogP contribution in [0.25, 0.3) is 0 Å². The molecule has 8 nitrogen and oxygen atoms in total. The van der Waals surface area contributed by atoms with Crippen molar-refractivity contribution in [3.8, 4) is 0 Å². The second-order valence-electron chi connectivity index (χ2n) is 6.31. The Kier molecular flexibility index (Phi) is 6.81. The van der Waals surface area contributed by atoms with Crippen molar-refractivity contribution >= 4 is 49.6 Å². The van der Waals surface area contributed by atoms with Crippen LogP contribution in [0.4, 0.5) is 5.13 Å². The number of carbonyl (C=O) groups is 2. The number of thiophene rings is 1. The van der Waals surface area contributed by atoms with Crippen molar-refractivity contribution < 1.29 is 18.0 Å². The van der Waals surface area contributed by atoms with Crippen LogP contribution in [0.2, 0.25) is 0 Å². The zero-order chi connectivity index (χ0) is 20.1. The predicted molar refractivity (Wildman–Crippen MR) is 110 cm³/mol. The third-order valence-corrected chi connectivity index (χ3v) is 7.96. The molecule has 0 unspecified atom stereocenters. The van der Waals surface area contributed by atoms with Gasteiger partial charge in [-0.15, -0.1) is 22.7 Å². The van der Waals surface area contributed by atoms with E-state index < -0.39 is 10.0 Å². The summed E-state index contributed by atoms with van der Waals surface area (Å²) in [6.07, 6.45) is 0.439. The molecule has 0 saturated carbocycles. The van der Waals surface area contributed by atoms with Crippen molar-refractivity contribution in [2.75, 3.05) is 37.2 Å². The van der Waals surface area contributed by atoms with Gasteiger partial charge >= 0.3 is 0 Å². The van der Waals surface area contributed by atoms with Crippen molar-refractivity contribution in [3.63, 3.8) is 0 Å². The van der Waals surface area contributed by atoms with Gasteiger partial charge in [0.2, 0.25) is 21.8 Å². The first-order valence-corrected chi connectivity index (χ1v) is 12.3. The summed E-state index contributed by atoms with van der Waals surface area (Å²) in [5.74, 6) is -0.154. The van der Waals surface area contributed by atoms with Crippen molar-refractivity contribution in [2.24, 2.45) is 0 Å². The predicted octanol–water partition coefficient (Wildman–Crippen LogP) is 1.42. The van der Waals surface area contributed by atoms with Gasteiger partial charge < -0.3 is 10.2 Å². The first-order valence-electron chi connectivity index (χ1n) is 8.89. The summed E-state index contributed by atoms with van der Waals surface area (Å²) >= 11 is 2.81. The van der Waals surface area contributed by atoms with E-state index >= 15 is 0 Å². The first kappa shape index (κ1) is 20.9. The SMILES string of the molecule is CCS(=O)(=O)N1CCN(C(=O)Cc2csc(NC(=O)Cc3cccs3)n2)CC1. The molecule has 3 rings (SSSR count). The van der Waals surface area contributed by atoms with Gasteiger partial charge in [-0.25, -0.2) is 13.4 Å². The number of anilines is 1. The lowest BCUT2D eigenvalue weighted by atomic mass is 10.2. The highest BCUT2D eigenvalue weighted by molar-refractivity contribution is 7.89. The molecule has 2 aromatic heterocycles. The van der Waals surface area contributed by atoms with E-state index in [1.54, 1.807) is 17.2 Å². The van der Waals surface area contributed by atoms with Crippen LogP contribution in [0.5, 0.6) is 0 Å². The molecule has 2 amide bonds. The number of amides is 2. The molecule has 0 aliphatic carbocycles. The fourth-order valence-electron chi connectivity index (χ4n) is 2.85. The Morgan fingerprint density at radius 1 is 1.18 bits per heavy atom. The summed E-state index contributed by atoms with van der Waals surface area (Å²) in [5, 5.41) is 6.92. The summed E-state index contributed by atoms with van der Waals surface area (Å²) in [4.78, 5) is 31.5. The van der Waals surface area contributed by atoms with E-state index in [1.807, 2.05) is 17.5 Å². The summed E-state index contributed by atoms with van der Waals surface area (Å²) in [6, 6.07) is 3.81. The number of piperazine rings is 1. The zero-order valence-electron chi connectivity index (χ0n) is 15.5. The minimum Gasteiger partial charge on any atom is -0.340 e. The van der Waals surface area contributed by atoms with Gasteiger partial charge in [0.1, 0.15) is 0 Å². The van der Waals surface area contributed by atoms with Gasteiger partial charge in [-0.2, -0.15) is 4.31 Å². The van der Waals surface area contributed by atoms with Crippen LogP contribution in [0, 0.1) is 0 Å². The highest BCUT2D eigenvalue weighted by atomic mass is 32.2. The second-order valence-corrected chi connectivity index (χ2v) is 10.5. The third-order valence-electron chi connectivity index (χ3n) is 4.39. The van der Waals surface area contributed by atoms with E-state index in [0.29, 0.717) is 43.4 Å². The second kappa shape index (κ2) is 9.12. The lowest BCUT2D eigenvalue weighted by Crippen LogP contribution is -2.51. The average molecular weight is 443 g/mol. The van der Waals surface area contributed by atoms with Gasteiger partial charge in [0.05, 0.1) is 24.3 Å². The highest BCUT2D eigenvalue weighted by Gasteiger charge is 2.27. The van der Waals surface area contributed by atoms with Gasteiger partial charge in [-0.05, 0) is 18.4 Å². The highest BCUT2D eigenvalue weighted by Crippen LogP contribution is 2.18. The molecule has 0 spiro atoms. The number of nitrogens with zero attached hydrogens (tertiary/aromatic N) is 3. The molecular formula is C17H22N4O4S3. The summed E-state index contributed by atoms with van der Waals surface area (Å²) < 4.78 is 25.2. The van der Waals surface area contributed by atoms with Crippen LogP contribution in [0.1, 0.15) is 17.5 Å². The minimum absolute atomic E-state index is 0.0702. The van der Waals surface area contributed by atoms with Crippen LogP contribution in [0.3, 0.4) is 0 Å². The number of hydrogen-bond acceptors (Lipinski definition) is 7. The number of aromatic nitrogens is 1. The topological polar surface area (TPSA) is 99.7 Å². The number of nitrogens with one attached hydrogen (secondary N) is 1. The molecule has 1 saturated heterocycles. The molecule has 3 heterocycles. The standard InChI is InChI=1S/C17H22N4O4S3/c1-2-28(24,25)21-7-5-20(6-8-21)16(23)10-13-12-27-17(18-13)19-15(22)11-14-4-3-9-26-14/h3-4,9,12H,2,5-8,10-11H2,1H3,(H,18,19,22). The average Bonchev–Trinajstić information content (AvgIpc) is 3.34. The van der Waals surface area contributed by atoms with E-state index in [2.05, 4.69) is 10.3 Å². The van der Waals surface area contributed by atoms with Crippen LogP contribution in [-0.2, 0) is 32.5 Å². The van der Waals surface area contributed by atoms with Gasteiger partial charge in [0.25, 0.3) is 0 Å². The number of rotatable bonds is 7. The molecular weight excluding hydrogens is 420 g/mol. The monoisotopic (exact) mass is 442 g/mol. The quantitative estimate of drug-likeness (QED) is 0.699. The Morgan fingerprint density at radius 2 is 1.93 bits per heavy atom. The largest absolute Gasteiger partial charge is 0.340 e. The van der Waals surface area contributed by atoms with Crippen LogP contribution in [0.15, 0.2) is 22.9 Å². The lowest BCUT2D eigenvalue weighted by molar-refractivity contribution is -0.131. The van der Waals surface area contributed by atoms with Crippen LogP contribution in [-0.4, -0.2) is 66.4 Å². The molecule has 0 radical (unpaired) electrons. The van der Waals surface area contributed by atoms with Gasteiger partial charge in [0.15, 0.2) is 5.13 Å². The maximum absolute atomic E-state index is 12.5. The Labute approximate surface area is 172 Å². The van der Waals surface area contributed by atoms with E-state index in [1.165, 1.54) is 27.0 Å². The van der Waals surface area contributed by atoms with E-state index in [0.717, 1.165) is 4.88 Å². The Balaban J connectivity index is 1.48. The molecule has 0 bridgehead atoms. The van der Waals surface area contributed by atoms with Gasteiger partial charge in [0, 0.05) is 36.4 Å². The van der Waals surface area contributed by atoms with Gasteiger partial charge in [-0.1, -0.05) is 6.07 Å². The van der Waals surface area contributed by atoms with Crippen molar-refractivity contribution in [1.82, 2.24) is 14.2 Å². The molecule has 2 aromatic rings. The molecule has 1 aliphatic rings. The minimum atomic E-state index is -3.21. The van der Waals surface area contributed by atoms with Crippen LogP contribution >= 0.6 is 22.7 Å².